The topological polar surface area (TPSA) is 131 Å². The maximum atomic E-state index is 13.1. The Kier molecular flexibility index (Phi) is 9.14. The second-order valence-corrected chi connectivity index (χ2v) is 10.7. The average molecular weight is 525 g/mol. The summed E-state index contributed by atoms with van der Waals surface area (Å²) in [6, 6.07) is 13.8. The molecule has 0 fully saturated rings. The van der Waals surface area contributed by atoms with Gasteiger partial charge < -0.3 is 25.2 Å². The van der Waals surface area contributed by atoms with Gasteiger partial charge in [0.1, 0.15) is 24.3 Å². The summed E-state index contributed by atoms with van der Waals surface area (Å²) < 4.78 is 10.9. The van der Waals surface area contributed by atoms with Crippen LogP contribution in [0.1, 0.15) is 64.5 Å². The van der Waals surface area contributed by atoms with Crippen molar-refractivity contribution < 1.29 is 33.8 Å². The van der Waals surface area contributed by atoms with Crippen molar-refractivity contribution >= 4 is 23.9 Å². The number of carboxylic acid groups (broad SMARTS) is 1. The van der Waals surface area contributed by atoms with Crippen LogP contribution in [0.5, 0.6) is 0 Å². The summed E-state index contributed by atoms with van der Waals surface area (Å²) in [4.78, 5) is 49.6. The third-order valence-corrected chi connectivity index (χ3v) is 6.22. The number of rotatable bonds is 10. The Morgan fingerprint density at radius 1 is 0.921 bits per heavy atom. The Balaban J connectivity index is 1.66. The molecule has 0 heterocycles. The van der Waals surface area contributed by atoms with E-state index in [4.69, 9.17) is 14.6 Å². The summed E-state index contributed by atoms with van der Waals surface area (Å²) in [7, 11) is 0. The smallest absolute Gasteiger partial charge is 0.407 e. The van der Waals surface area contributed by atoms with E-state index in [2.05, 4.69) is 10.6 Å². The molecule has 3 rings (SSSR count). The summed E-state index contributed by atoms with van der Waals surface area (Å²) in [5.41, 5.74) is 3.52. The number of hydrogen-bond acceptors (Lipinski definition) is 6. The van der Waals surface area contributed by atoms with Crippen LogP contribution >= 0.6 is 0 Å². The number of aliphatic carboxylic acids is 1. The highest BCUT2D eigenvalue weighted by Crippen LogP contribution is 2.44. The second kappa shape index (κ2) is 12.1. The molecule has 0 bridgehead atoms. The van der Waals surface area contributed by atoms with Gasteiger partial charge in [-0.2, -0.15) is 0 Å². The van der Waals surface area contributed by atoms with E-state index in [1.807, 2.05) is 48.5 Å². The summed E-state index contributed by atoms with van der Waals surface area (Å²) in [5, 5.41) is 14.2. The van der Waals surface area contributed by atoms with Crippen LogP contribution in [0.25, 0.3) is 11.1 Å². The van der Waals surface area contributed by atoms with Gasteiger partial charge in [0, 0.05) is 12.3 Å². The molecular formula is C29H36N2O7. The molecule has 2 amide bonds. The van der Waals surface area contributed by atoms with Crippen LogP contribution in [0.3, 0.4) is 0 Å². The van der Waals surface area contributed by atoms with Gasteiger partial charge in [0.15, 0.2) is 0 Å². The predicted molar refractivity (Wildman–Crippen MR) is 141 cm³/mol. The van der Waals surface area contributed by atoms with Crippen molar-refractivity contribution in [3.8, 4) is 11.1 Å². The predicted octanol–water partition coefficient (Wildman–Crippen LogP) is 4.24. The number of fused-ring (bicyclic) bond motifs is 3. The number of esters is 1. The highest BCUT2D eigenvalue weighted by atomic mass is 16.6. The molecule has 0 radical (unpaired) electrons. The maximum absolute atomic E-state index is 13.1. The molecule has 1 aliphatic rings. The number of carboxylic acids is 1. The quantitative estimate of drug-likeness (QED) is 0.396. The van der Waals surface area contributed by atoms with Gasteiger partial charge in [0.2, 0.25) is 5.91 Å². The van der Waals surface area contributed by atoms with Gasteiger partial charge in [-0.1, -0.05) is 62.4 Å². The summed E-state index contributed by atoms with van der Waals surface area (Å²) in [6.07, 6.45) is -1.25. The molecule has 0 spiro atoms. The Bertz CT molecular complexity index is 1140. The molecule has 204 valence electrons. The molecule has 9 heteroatoms. The Morgan fingerprint density at radius 3 is 1.97 bits per heavy atom. The SMILES string of the molecule is CC(C)C(NC(=O)OCC1c2ccccc2-c2ccccc21)C(=O)NC(CCC(=O)O)C(=O)OC(C)(C)C. The Labute approximate surface area is 222 Å². The van der Waals surface area contributed by atoms with Crippen molar-refractivity contribution in [2.24, 2.45) is 5.92 Å². The largest absolute Gasteiger partial charge is 0.481 e. The summed E-state index contributed by atoms with van der Waals surface area (Å²) in [6.45, 7) is 8.61. The number of ether oxygens (including phenoxy) is 2. The number of benzene rings is 2. The van der Waals surface area contributed by atoms with Crippen molar-refractivity contribution in [2.75, 3.05) is 6.61 Å². The van der Waals surface area contributed by atoms with E-state index in [0.29, 0.717) is 0 Å². The summed E-state index contributed by atoms with van der Waals surface area (Å²) >= 11 is 0. The van der Waals surface area contributed by atoms with Gasteiger partial charge in [-0.25, -0.2) is 9.59 Å². The van der Waals surface area contributed by atoms with Gasteiger partial charge in [-0.15, -0.1) is 0 Å². The van der Waals surface area contributed by atoms with Crippen molar-refractivity contribution in [1.82, 2.24) is 10.6 Å². The van der Waals surface area contributed by atoms with Gasteiger partial charge in [0.05, 0.1) is 0 Å². The standard InChI is InChI=1S/C29H36N2O7/c1-17(2)25(26(34)30-23(14-15-24(32)33)27(35)38-29(3,4)5)31-28(36)37-16-22-20-12-8-6-10-18(20)19-11-7-9-13-21(19)22/h6-13,17,22-23,25H,14-16H2,1-5H3,(H,30,34)(H,31,36)(H,32,33). The van der Waals surface area contributed by atoms with Gasteiger partial charge in [-0.3, -0.25) is 9.59 Å². The molecule has 2 unspecified atom stereocenters. The van der Waals surface area contributed by atoms with Crippen LogP contribution in [0.4, 0.5) is 4.79 Å². The van der Waals surface area contributed by atoms with Crippen molar-refractivity contribution in [3.05, 3.63) is 59.7 Å². The van der Waals surface area contributed by atoms with E-state index >= 15 is 0 Å². The molecule has 0 saturated carbocycles. The molecule has 2 aromatic carbocycles. The van der Waals surface area contributed by atoms with E-state index in [1.165, 1.54) is 0 Å². The first-order valence-corrected chi connectivity index (χ1v) is 12.7. The first kappa shape index (κ1) is 28.7. The number of nitrogens with one attached hydrogen (secondary N) is 2. The van der Waals surface area contributed by atoms with Crippen LogP contribution in [0, 0.1) is 5.92 Å². The number of alkyl carbamates (subject to hydrolysis) is 1. The van der Waals surface area contributed by atoms with Crippen LogP contribution in [-0.4, -0.2) is 53.3 Å². The van der Waals surface area contributed by atoms with Crippen LogP contribution in [0.2, 0.25) is 0 Å². The van der Waals surface area contributed by atoms with E-state index in [-0.39, 0.29) is 31.3 Å². The minimum atomic E-state index is -1.18. The molecule has 0 aromatic heterocycles. The third-order valence-electron chi connectivity index (χ3n) is 6.22. The average Bonchev–Trinajstić information content (AvgIpc) is 3.16. The van der Waals surface area contributed by atoms with Gasteiger partial charge >= 0.3 is 18.0 Å². The lowest BCUT2D eigenvalue weighted by Crippen LogP contribution is -2.54. The van der Waals surface area contributed by atoms with Crippen LogP contribution < -0.4 is 10.6 Å². The van der Waals surface area contributed by atoms with Gasteiger partial charge in [0.25, 0.3) is 0 Å². The van der Waals surface area contributed by atoms with Crippen molar-refractivity contribution in [2.45, 2.75) is 71.1 Å². The van der Waals surface area contributed by atoms with E-state index in [1.54, 1.807) is 34.6 Å². The molecule has 2 atom stereocenters. The zero-order chi connectivity index (χ0) is 28.0. The molecule has 0 aliphatic heterocycles. The fourth-order valence-electron chi connectivity index (χ4n) is 4.45. The first-order chi connectivity index (χ1) is 17.9. The molecule has 9 nitrogen and oxygen atoms in total. The van der Waals surface area contributed by atoms with Gasteiger partial charge in [-0.05, 0) is 55.4 Å². The molecule has 2 aromatic rings. The minimum Gasteiger partial charge on any atom is -0.481 e. The zero-order valence-electron chi connectivity index (χ0n) is 22.4. The highest BCUT2D eigenvalue weighted by molar-refractivity contribution is 5.90. The zero-order valence-corrected chi connectivity index (χ0v) is 22.4. The highest BCUT2D eigenvalue weighted by Gasteiger charge is 2.33. The number of carbonyl (C=O) groups is 4. The maximum Gasteiger partial charge on any atom is 0.407 e. The minimum absolute atomic E-state index is 0.0887. The van der Waals surface area contributed by atoms with E-state index in [9.17, 15) is 19.2 Å². The lowest BCUT2D eigenvalue weighted by molar-refractivity contribution is -0.159. The second-order valence-electron chi connectivity index (χ2n) is 10.7. The normalized spacial score (nSPS) is 14.2. The van der Waals surface area contributed by atoms with E-state index < -0.39 is 41.6 Å². The van der Waals surface area contributed by atoms with Crippen LogP contribution in [0.15, 0.2) is 48.5 Å². The molecule has 3 N–H and O–H groups in total. The number of hydrogen-bond donors (Lipinski definition) is 3. The lowest BCUT2D eigenvalue weighted by atomic mass is 9.98. The Hall–Kier alpha value is -3.88. The third kappa shape index (κ3) is 7.34. The fourth-order valence-corrected chi connectivity index (χ4v) is 4.45. The van der Waals surface area contributed by atoms with Crippen LogP contribution in [-0.2, 0) is 23.9 Å². The fraction of sp³-hybridized carbons (Fsp3) is 0.448. The first-order valence-electron chi connectivity index (χ1n) is 12.7. The molecular weight excluding hydrogens is 488 g/mol. The molecule has 0 saturated heterocycles. The van der Waals surface area contributed by atoms with Crippen molar-refractivity contribution in [1.29, 1.82) is 0 Å². The number of carbonyl (C=O) groups excluding carboxylic acids is 3. The lowest BCUT2D eigenvalue weighted by Gasteiger charge is -2.27. The molecule has 1 aliphatic carbocycles. The van der Waals surface area contributed by atoms with Crippen molar-refractivity contribution in [3.63, 3.8) is 0 Å². The monoisotopic (exact) mass is 524 g/mol. The Morgan fingerprint density at radius 2 is 1.47 bits per heavy atom. The number of amides is 2. The summed E-state index contributed by atoms with van der Waals surface area (Å²) in [5.74, 6) is -2.95. The molecule has 38 heavy (non-hydrogen) atoms. The van der Waals surface area contributed by atoms with E-state index in [0.717, 1.165) is 22.3 Å².